The van der Waals surface area contributed by atoms with E-state index in [1.165, 1.54) is 5.57 Å². The Morgan fingerprint density at radius 3 is 2.93 bits per heavy atom. The minimum absolute atomic E-state index is 0.0658. The topological polar surface area (TPSA) is 111 Å². The van der Waals surface area contributed by atoms with Crippen LogP contribution in [0.5, 0.6) is 0 Å². The van der Waals surface area contributed by atoms with E-state index in [4.69, 9.17) is 5.73 Å². The van der Waals surface area contributed by atoms with Crippen molar-refractivity contribution in [3.63, 3.8) is 0 Å². The van der Waals surface area contributed by atoms with Crippen LogP contribution in [0.1, 0.15) is 39.0 Å². The molecule has 2 fully saturated rings. The van der Waals surface area contributed by atoms with E-state index >= 15 is 0 Å². The van der Waals surface area contributed by atoms with Gasteiger partial charge in [-0.05, 0) is 49.9 Å². The summed E-state index contributed by atoms with van der Waals surface area (Å²) in [5.41, 5.74) is 7.96. The van der Waals surface area contributed by atoms with Gasteiger partial charge in [0.25, 0.3) is 0 Å². The van der Waals surface area contributed by atoms with Crippen LogP contribution < -0.4 is 11.1 Å². The lowest BCUT2D eigenvalue weighted by Gasteiger charge is -2.60. The quantitative estimate of drug-likeness (QED) is 0.315. The number of carboxylic acid groups (broad SMARTS) is 1. The van der Waals surface area contributed by atoms with E-state index < -0.39 is 5.97 Å². The Balaban J connectivity index is 1.85. The van der Waals surface area contributed by atoms with Crippen molar-refractivity contribution in [3.8, 4) is 0 Å². The fourth-order valence-electron chi connectivity index (χ4n) is 7.41. The molecule has 29 heavy (non-hydrogen) atoms. The first-order chi connectivity index (χ1) is 13.9. The predicted molar refractivity (Wildman–Crippen MR) is 112 cm³/mol. The molecular weight excluding hydrogens is 368 g/mol. The Kier molecular flexibility index (Phi) is 5.23. The smallest absolute Gasteiger partial charge is 0.331 e. The van der Waals surface area contributed by atoms with Crippen molar-refractivity contribution in [2.75, 3.05) is 33.3 Å². The van der Waals surface area contributed by atoms with Gasteiger partial charge in [0.05, 0.1) is 6.61 Å². The third-order valence-corrected chi connectivity index (χ3v) is 8.50. The molecule has 2 saturated carbocycles. The van der Waals surface area contributed by atoms with Crippen LogP contribution in [-0.2, 0) is 4.79 Å². The first kappa shape index (κ1) is 20.4. The molecule has 0 aromatic heterocycles. The first-order valence-electron chi connectivity index (χ1n) is 10.9. The summed E-state index contributed by atoms with van der Waals surface area (Å²) in [4.78, 5) is 18.3. The molecule has 2 spiro atoms. The highest BCUT2D eigenvalue weighted by Crippen LogP contribution is 2.75. The number of carbonyl (C=O) groups is 1. The highest BCUT2D eigenvalue weighted by molar-refractivity contribution is 5.89. The molecule has 5 N–H and O–H groups in total. The maximum atomic E-state index is 12.1. The molecule has 4 aliphatic rings. The van der Waals surface area contributed by atoms with Crippen molar-refractivity contribution in [2.24, 2.45) is 39.3 Å². The predicted octanol–water partition coefficient (Wildman–Crippen LogP) is 1.56. The SMILES string of the molecule is CN=C(N)N1C=C[C@H](CNCCO)[C@@]2(C1)[C@@H]1CC[C@@H](C)[C@]23CCC(C(=O)O)=C3C1. The Hall–Kier alpha value is -1.86. The fraction of sp³-hybridized carbons (Fsp3) is 0.727. The number of aliphatic hydroxyl groups is 1. The maximum absolute atomic E-state index is 12.1. The number of hydrogen-bond acceptors (Lipinski definition) is 4. The van der Waals surface area contributed by atoms with Crippen molar-refractivity contribution in [2.45, 2.75) is 39.0 Å². The van der Waals surface area contributed by atoms with E-state index in [0.717, 1.165) is 38.8 Å². The lowest BCUT2D eigenvalue weighted by molar-refractivity contribution is -0.132. The Morgan fingerprint density at radius 1 is 1.45 bits per heavy atom. The number of nitrogens with zero attached hydrogens (tertiary/aromatic N) is 2. The van der Waals surface area contributed by atoms with Gasteiger partial charge in [0, 0.05) is 49.3 Å². The monoisotopic (exact) mass is 402 g/mol. The van der Waals surface area contributed by atoms with Crippen LogP contribution in [0.4, 0.5) is 0 Å². The standard InChI is InChI=1S/C22H34N4O3/c1-14-3-4-15-11-18-17(19(28)29)5-7-21(14,18)22(15)13-26(20(23)24-2)9-6-16(22)12-25-8-10-27/h6,9,14-16,25,27H,3-5,7-8,10-13H2,1-2H3,(H2,23,24)(H,28,29)/t14-,15-,16-,21+,22-/m1/s1. The molecule has 2 bridgehead atoms. The third-order valence-electron chi connectivity index (χ3n) is 8.50. The molecular formula is C22H34N4O3. The zero-order chi connectivity index (χ0) is 20.8. The highest BCUT2D eigenvalue weighted by atomic mass is 16.4. The average Bonchev–Trinajstić information content (AvgIpc) is 3.16. The summed E-state index contributed by atoms with van der Waals surface area (Å²) in [5, 5.41) is 22.6. The second kappa shape index (κ2) is 7.43. The number of nitrogens with one attached hydrogen (secondary N) is 1. The van der Waals surface area contributed by atoms with E-state index in [1.54, 1.807) is 7.05 Å². The average molecular weight is 403 g/mol. The molecule has 0 unspecified atom stereocenters. The zero-order valence-electron chi connectivity index (χ0n) is 17.5. The van der Waals surface area contributed by atoms with Crippen LogP contribution in [0, 0.1) is 28.6 Å². The molecule has 4 rings (SSSR count). The minimum atomic E-state index is -0.737. The van der Waals surface area contributed by atoms with Gasteiger partial charge in [-0.15, -0.1) is 0 Å². The molecule has 160 valence electrons. The summed E-state index contributed by atoms with van der Waals surface area (Å²) in [5.74, 6) is 0.939. The van der Waals surface area contributed by atoms with Gasteiger partial charge in [-0.3, -0.25) is 4.99 Å². The number of hydrogen-bond donors (Lipinski definition) is 4. The van der Waals surface area contributed by atoms with Gasteiger partial charge in [-0.2, -0.15) is 0 Å². The highest BCUT2D eigenvalue weighted by Gasteiger charge is 2.71. The molecule has 0 aromatic carbocycles. The molecule has 1 heterocycles. The molecule has 7 heteroatoms. The molecule has 0 amide bonds. The first-order valence-corrected chi connectivity index (χ1v) is 10.9. The summed E-state index contributed by atoms with van der Waals surface area (Å²) in [6, 6.07) is 0. The lowest BCUT2D eigenvalue weighted by atomic mass is 9.46. The molecule has 1 aliphatic heterocycles. The number of aliphatic hydroxyl groups excluding tert-OH is 1. The summed E-state index contributed by atoms with van der Waals surface area (Å²) in [7, 11) is 1.71. The van der Waals surface area contributed by atoms with Gasteiger partial charge in [0.15, 0.2) is 5.96 Å². The van der Waals surface area contributed by atoms with E-state index in [-0.39, 0.29) is 23.4 Å². The number of aliphatic carboxylic acids is 1. The van der Waals surface area contributed by atoms with E-state index in [2.05, 4.69) is 28.2 Å². The van der Waals surface area contributed by atoms with Gasteiger partial charge < -0.3 is 26.2 Å². The molecule has 0 saturated heterocycles. The summed E-state index contributed by atoms with van der Waals surface area (Å²) >= 11 is 0. The van der Waals surface area contributed by atoms with Crippen LogP contribution in [0.3, 0.4) is 0 Å². The minimum Gasteiger partial charge on any atom is -0.478 e. The Labute approximate surface area is 172 Å². The molecule has 3 aliphatic carbocycles. The second-order valence-electron chi connectivity index (χ2n) is 9.24. The summed E-state index contributed by atoms with van der Waals surface area (Å²) < 4.78 is 0. The van der Waals surface area contributed by atoms with Crippen LogP contribution in [0.15, 0.2) is 28.4 Å². The molecule has 5 atom stereocenters. The van der Waals surface area contributed by atoms with Crippen molar-refractivity contribution in [3.05, 3.63) is 23.4 Å². The van der Waals surface area contributed by atoms with Crippen LogP contribution in [-0.4, -0.2) is 60.3 Å². The van der Waals surface area contributed by atoms with Crippen LogP contribution in [0.2, 0.25) is 0 Å². The zero-order valence-corrected chi connectivity index (χ0v) is 17.5. The normalized spacial score (nSPS) is 38.8. The van der Waals surface area contributed by atoms with Gasteiger partial charge >= 0.3 is 5.97 Å². The summed E-state index contributed by atoms with van der Waals surface area (Å²) in [6.45, 7) is 4.58. The van der Waals surface area contributed by atoms with Crippen molar-refractivity contribution in [1.82, 2.24) is 10.2 Å². The largest absolute Gasteiger partial charge is 0.478 e. The number of allylic oxidation sites excluding steroid dienone is 1. The van der Waals surface area contributed by atoms with E-state index in [1.807, 2.05) is 6.20 Å². The van der Waals surface area contributed by atoms with Crippen LogP contribution >= 0.6 is 0 Å². The van der Waals surface area contributed by atoms with E-state index in [9.17, 15) is 15.0 Å². The van der Waals surface area contributed by atoms with Gasteiger partial charge in [0.1, 0.15) is 0 Å². The maximum Gasteiger partial charge on any atom is 0.331 e. The van der Waals surface area contributed by atoms with E-state index in [0.29, 0.717) is 36.3 Å². The van der Waals surface area contributed by atoms with Crippen molar-refractivity contribution >= 4 is 11.9 Å². The van der Waals surface area contributed by atoms with Gasteiger partial charge in [0.2, 0.25) is 0 Å². The Bertz CT molecular complexity index is 776. The van der Waals surface area contributed by atoms with Gasteiger partial charge in [-0.25, -0.2) is 4.79 Å². The van der Waals surface area contributed by atoms with Crippen molar-refractivity contribution < 1.29 is 15.0 Å². The number of rotatable bonds is 5. The summed E-state index contributed by atoms with van der Waals surface area (Å²) in [6.07, 6.45) is 9.06. The lowest BCUT2D eigenvalue weighted by Crippen LogP contribution is -2.61. The number of aliphatic imine (C=N–C) groups is 1. The van der Waals surface area contributed by atoms with Crippen LogP contribution in [0.25, 0.3) is 0 Å². The molecule has 0 radical (unpaired) electrons. The Morgan fingerprint density at radius 2 is 2.24 bits per heavy atom. The fourth-order valence-corrected chi connectivity index (χ4v) is 7.41. The number of carboxylic acids is 1. The molecule has 7 nitrogen and oxygen atoms in total. The van der Waals surface area contributed by atoms with Gasteiger partial charge in [-0.1, -0.05) is 18.6 Å². The number of guanidine groups is 1. The molecule has 0 aromatic rings. The number of nitrogens with two attached hydrogens (primary N) is 1. The van der Waals surface area contributed by atoms with Crippen molar-refractivity contribution in [1.29, 1.82) is 0 Å². The second-order valence-corrected chi connectivity index (χ2v) is 9.24. The third kappa shape index (κ3) is 2.70.